The van der Waals surface area contributed by atoms with Crippen molar-refractivity contribution in [1.29, 1.82) is 0 Å². The molecule has 0 heteroatoms. The molecule has 0 atom stereocenters. The average Bonchev–Trinajstić information content (AvgIpc) is 3.15. The molecule has 0 fully saturated rings. The molecule has 0 radical (unpaired) electrons. The summed E-state index contributed by atoms with van der Waals surface area (Å²) >= 11 is 0. The Balaban J connectivity index is 1.66. The molecular formula is C36H28. The van der Waals surface area contributed by atoms with Crippen LogP contribution in [0.2, 0.25) is 0 Å². The Labute approximate surface area is 212 Å². The zero-order valence-electron chi connectivity index (χ0n) is 21.0. The Kier molecular flexibility index (Phi) is 4.51. The summed E-state index contributed by atoms with van der Waals surface area (Å²) in [6, 6.07) is 42.5. The van der Waals surface area contributed by atoms with Crippen LogP contribution in [0.15, 0.2) is 115 Å². The number of hydrogen-bond acceptors (Lipinski definition) is 0. The Morgan fingerprint density at radius 1 is 0.444 bits per heavy atom. The number of aryl methyl sites for hydroxylation is 1. The van der Waals surface area contributed by atoms with Crippen molar-refractivity contribution in [2.45, 2.75) is 26.2 Å². The van der Waals surface area contributed by atoms with Crippen LogP contribution in [-0.4, -0.2) is 0 Å². The van der Waals surface area contributed by atoms with Crippen molar-refractivity contribution >= 4 is 21.5 Å². The van der Waals surface area contributed by atoms with Crippen LogP contribution in [0, 0.1) is 6.92 Å². The molecule has 36 heavy (non-hydrogen) atoms. The third-order valence-corrected chi connectivity index (χ3v) is 8.28. The molecule has 0 aromatic heterocycles. The van der Waals surface area contributed by atoms with E-state index in [-0.39, 0.29) is 5.41 Å². The van der Waals surface area contributed by atoms with E-state index in [2.05, 4.69) is 136 Å². The molecule has 6 aromatic rings. The summed E-state index contributed by atoms with van der Waals surface area (Å²) in [6.07, 6.45) is 0. The second kappa shape index (κ2) is 7.67. The van der Waals surface area contributed by atoms with Gasteiger partial charge in [0.15, 0.2) is 0 Å². The first-order valence-electron chi connectivity index (χ1n) is 12.8. The van der Waals surface area contributed by atoms with E-state index in [1.54, 1.807) is 0 Å². The normalized spacial score (nSPS) is 13.6. The minimum Gasteiger partial charge on any atom is -0.0622 e. The maximum atomic E-state index is 2.49. The monoisotopic (exact) mass is 460 g/mol. The Morgan fingerprint density at radius 3 is 1.83 bits per heavy atom. The van der Waals surface area contributed by atoms with Gasteiger partial charge in [0, 0.05) is 5.41 Å². The number of benzene rings is 6. The van der Waals surface area contributed by atoms with Crippen LogP contribution in [0.25, 0.3) is 54.9 Å². The lowest BCUT2D eigenvalue weighted by atomic mass is 9.80. The maximum absolute atomic E-state index is 2.49. The van der Waals surface area contributed by atoms with Gasteiger partial charge in [-0.25, -0.2) is 0 Å². The van der Waals surface area contributed by atoms with Gasteiger partial charge >= 0.3 is 0 Å². The molecule has 1 aliphatic carbocycles. The van der Waals surface area contributed by atoms with Crippen molar-refractivity contribution in [2.24, 2.45) is 0 Å². The zero-order chi connectivity index (χ0) is 24.4. The van der Waals surface area contributed by atoms with Crippen LogP contribution < -0.4 is 0 Å². The minimum atomic E-state index is -0.0136. The van der Waals surface area contributed by atoms with E-state index in [1.165, 1.54) is 71.6 Å². The lowest BCUT2D eigenvalue weighted by molar-refractivity contribution is 0.661. The molecule has 0 unspecified atom stereocenters. The highest BCUT2D eigenvalue weighted by molar-refractivity contribution is 6.17. The van der Waals surface area contributed by atoms with Gasteiger partial charge in [-0.3, -0.25) is 0 Å². The summed E-state index contributed by atoms with van der Waals surface area (Å²) in [4.78, 5) is 0. The summed E-state index contributed by atoms with van der Waals surface area (Å²) in [5, 5.41) is 5.33. The van der Waals surface area contributed by atoms with Crippen molar-refractivity contribution in [1.82, 2.24) is 0 Å². The highest BCUT2D eigenvalue weighted by Gasteiger charge is 2.36. The predicted octanol–water partition coefficient (Wildman–Crippen LogP) is 9.94. The fourth-order valence-corrected chi connectivity index (χ4v) is 6.44. The molecule has 0 aliphatic heterocycles. The first-order valence-corrected chi connectivity index (χ1v) is 12.8. The summed E-state index contributed by atoms with van der Waals surface area (Å²) in [6.45, 7) is 7.02. The predicted molar refractivity (Wildman–Crippen MR) is 155 cm³/mol. The highest BCUT2D eigenvalue weighted by Crippen LogP contribution is 2.52. The van der Waals surface area contributed by atoms with E-state index < -0.39 is 0 Å². The van der Waals surface area contributed by atoms with Gasteiger partial charge in [0.1, 0.15) is 0 Å². The van der Waals surface area contributed by atoms with Crippen LogP contribution in [0.1, 0.15) is 30.5 Å². The fourth-order valence-electron chi connectivity index (χ4n) is 6.44. The van der Waals surface area contributed by atoms with E-state index in [0.29, 0.717) is 0 Å². The molecular weight excluding hydrogens is 432 g/mol. The van der Waals surface area contributed by atoms with Gasteiger partial charge in [-0.2, -0.15) is 0 Å². The number of fused-ring (bicyclic) bond motifs is 5. The molecule has 0 spiro atoms. The van der Waals surface area contributed by atoms with Gasteiger partial charge in [-0.15, -0.1) is 0 Å². The SMILES string of the molecule is Cc1c2ccccc2c(-c2ccccc2-c2ccccc2)c2cc3c(cc12)C(C)(C)c1ccccc1-3. The molecule has 0 nitrogen and oxygen atoms in total. The molecule has 0 saturated heterocycles. The van der Waals surface area contributed by atoms with Gasteiger partial charge in [0.25, 0.3) is 0 Å². The zero-order valence-corrected chi connectivity index (χ0v) is 21.0. The smallest absolute Gasteiger partial charge is 0.0159 e. The largest absolute Gasteiger partial charge is 0.0622 e. The van der Waals surface area contributed by atoms with Crippen molar-refractivity contribution in [3.63, 3.8) is 0 Å². The van der Waals surface area contributed by atoms with Gasteiger partial charge in [-0.05, 0) is 90.7 Å². The second-order valence-electron chi connectivity index (χ2n) is 10.6. The second-order valence-corrected chi connectivity index (χ2v) is 10.6. The molecule has 0 saturated carbocycles. The van der Waals surface area contributed by atoms with Crippen LogP contribution >= 0.6 is 0 Å². The van der Waals surface area contributed by atoms with E-state index in [0.717, 1.165) is 0 Å². The topological polar surface area (TPSA) is 0 Å². The maximum Gasteiger partial charge on any atom is 0.0159 e. The number of rotatable bonds is 2. The molecule has 7 rings (SSSR count). The first kappa shape index (κ1) is 21.1. The molecule has 0 heterocycles. The summed E-state index contributed by atoms with van der Waals surface area (Å²) in [7, 11) is 0. The lowest BCUT2D eigenvalue weighted by Crippen LogP contribution is -2.14. The van der Waals surface area contributed by atoms with Crippen LogP contribution in [-0.2, 0) is 5.41 Å². The Hall–Kier alpha value is -4.16. The summed E-state index contributed by atoms with van der Waals surface area (Å²) < 4.78 is 0. The lowest BCUT2D eigenvalue weighted by Gasteiger charge is -2.23. The Morgan fingerprint density at radius 2 is 1.06 bits per heavy atom. The molecule has 172 valence electrons. The summed E-state index contributed by atoms with van der Waals surface area (Å²) in [5.74, 6) is 0. The van der Waals surface area contributed by atoms with Crippen molar-refractivity contribution in [3.05, 3.63) is 132 Å². The average molecular weight is 461 g/mol. The van der Waals surface area contributed by atoms with Crippen molar-refractivity contribution in [2.75, 3.05) is 0 Å². The third-order valence-electron chi connectivity index (χ3n) is 8.28. The van der Waals surface area contributed by atoms with Gasteiger partial charge < -0.3 is 0 Å². The van der Waals surface area contributed by atoms with E-state index in [4.69, 9.17) is 0 Å². The molecule has 1 aliphatic rings. The highest BCUT2D eigenvalue weighted by atomic mass is 14.4. The first-order chi connectivity index (χ1) is 17.6. The van der Waals surface area contributed by atoms with E-state index in [1.807, 2.05) is 0 Å². The van der Waals surface area contributed by atoms with Crippen LogP contribution in [0.5, 0.6) is 0 Å². The van der Waals surface area contributed by atoms with E-state index >= 15 is 0 Å². The van der Waals surface area contributed by atoms with Gasteiger partial charge in [0.2, 0.25) is 0 Å². The molecule has 0 bridgehead atoms. The van der Waals surface area contributed by atoms with Gasteiger partial charge in [-0.1, -0.05) is 117 Å². The Bertz CT molecular complexity index is 1800. The van der Waals surface area contributed by atoms with Crippen LogP contribution in [0.4, 0.5) is 0 Å². The molecule has 0 amide bonds. The van der Waals surface area contributed by atoms with E-state index in [9.17, 15) is 0 Å². The minimum absolute atomic E-state index is 0.0136. The molecule has 0 N–H and O–H groups in total. The summed E-state index contributed by atoms with van der Waals surface area (Å²) in [5.41, 5.74) is 12.1. The van der Waals surface area contributed by atoms with Crippen molar-refractivity contribution in [3.8, 4) is 33.4 Å². The quantitative estimate of drug-likeness (QED) is 0.226. The van der Waals surface area contributed by atoms with Crippen LogP contribution in [0.3, 0.4) is 0 Å². The number of hydrogen-bond donors (Lipinski definition) is 0. The molecule has 6 aromatic carbocycles. The third kappa shape index (κ3) is 2.88. The fraction of sp³-hybridized carbons (Fsp3) is 0.111. The standard InChI is InChI=1S/C36H28/c1-23-25-15-7-9-18-28(25)35(29-19-10-8-16-26(29)24-13-5-4-6-14-24)32-21-31-27-17-11-12-20-33(27)36(2,3)34(31)22-30(23)32/h4-22H,1-3H3. The van der Waals surface area contributed by atoms with Crippen molar-refractivity contribution < 1.29 is 0 Å². The van der Waals surface area contributed by atoms with Gasteiger partial charge in [0.05, 0.1) is 0 Å².